The molecule has 0 radical (unpaired) electrons. The number of ether oxygens (including phenoxy) is 1. The molecule has 2 heterocycles. The number of fused-ring (bicyclic) bond motifs is 1. The number of nitrogens with zero attached hydrogens (tertiary/aromatic N) is 3. The lowest BCUT2D eigenvalue weighted by molar-refractivity contribution is -0.130. The molecule has 0 aromatic carbocycles. The highest BCUT2D eigenvalue weighted by Crippen LogP contribution is 2.54. The van der Waals surface area contributed by atoms with Crippen molar-refractivity contribution >= 4 is 0 Å². The van der Waals surface area contributed by atoms with Crippen LogP contribution in [0.4, 0.5) is 0 Å². The Kier molecular flexibility index (Phi) is 4.90. The van der Waals surface area contributed by atoms with Gasteiger partial charge in [-0.1, -0.05) is 19.3 Å². The first-order valence-corrected chi connectivity index (χ1v) is 10.1. The van der Waals surface area contributed by atoms with Gasteiger partial charge in [-0.3, -0.25) is 0 Å². The number of hydrogen-bond donors (Lipinski definition) is 1. The highest BCUT2D eigenvalue weighted by atomic mass is 16.5. The van der Waals surface area contributed by atoms with E-state index in [0.29, 0.717) is 17.6 Å². The van der Waals surface area contributed by atoms with E-state index >= 15 is 0 Å². The summed E-state index contributed by atoms with van der Waals surface area (Å²) in [5.74, 6) is 2.38. The van der Waals surface area contributed by atoms with E-state index < -0.39 is 0 Å². The van der Waals surface area contributed by atoms with Gasteiger partial charge in [0.15, 0.2) is 0 Å². The maximum Gasteiger partial charge on any atom is 0.134 e. The summed E-state index contributed by atoms with van der Waals surface area (Å²) in [5.41, 5.74) is 0.428. The third-order valence-electron chi connectivity index (χ3n) is 6.61. The molecule has 1 spiro atoms. The molecule has 2 fully saturated rings. The van der Waals surface area contributed by atoms with E-state index in [9.17, 15) is 0 Å². The Labute approximate surface area is 145 Å². The molecule has 2 atom stereocenters. The van der Waals surface area contributed by atoms with Crippen molar-refractivity contribution in [1.82, 2.24) is 20.1 Å². The number of hydrogen-bond acceptors (Lipinski definition) is 4. The van der Waals surface area contributed by atoms with Crippen LogP contribution in [-0.4, -0.2) is 40.1 Å². The monoisotopic (exact) mass is 332 g/mol. The minimum Gasteiger partial charge on any atom is -0.378 e. The van der Waals surface area contributed by atoms with E-state index in [4.69, 9.17) is 4.74 Å². The molecule has 5 nitrogen and oxygen atoms in total. The number of nitrogens with one attached hydrogen (secondary N) is 1. The normalized spacial score (nSPS) is 28.5. The van der Waals surface area contributed by atoms with Gasteiger partial charge >= 0.3 is 0 Å². The largest absolute Gasteiger partial charge is 0.378 e. The molecule has 5 heteroatoms. The molecule has 134 valence electrons. The summed E-state index contributed by atoms with van der Waals surface area (Å²) in [7, 11) is 0. The molecule has 1 aromatic rings. The van der Waals surface area contributed by atoms with Crippen molar-refractivity contribution in [1.29, 1.82) is 0 Å². The Morgan fingerprint density at radius 3 is 2.88 bits per heavy atom. The zero-order valence-electron chi connectivity index (χ0n) is 15.1. The van der Waals surface area contributed by atoms with Crippen LogP contribution in [0.5, 0.6) is 0 Å². The molecule has 2 aliphatic carbocycles. The van der Waals surface area contributed by atoms with Crippen LogP contribution in [0.2, 0.25) is 0 Å². The fourth-order valence-corrected chi connectivity index (χ4v) is 5.26. The quantitative estimate of drug-likeness (QED) is 0.870. The smallest absolute Gasteiger partial charge is 0.134 e. The summed E-state index contributed by atoms with van der Waals surface area (Å²) in [6, 6.07) is 0.642. The predicted molar refractivity (Wildman–Crippen MR) is 94.0 cm³/mol. The van der Waals surface area contributed by atoms with Crippen molar-refractivity contribution in [2.45, 2.75) is 89.8 Å². The molecule has 0 saturated heterocycles. The average molecular weight is 332 g/mol. The van der Waals surface area contributed by atoms with Crippen LogP contribution in [0, 0.1) is 5.41 Å². The Bertz CT molecular complexity index is 550. The molecule has 1 aromatic heterocycles. The summed E-state index contributed by atoms with van der Waals surface area (Å²) < 4.78 is 8.40. The molecule has 1 N–H and O–H groups in total. The summed E-state index contributed by atoms with van der Waals surface area (Å²) in [6.45, 7) is 5.10. The van der Waals surface area contributed by atoms with Crippen molar-refractivity contribution in [2.24, 2.45) is 5.41 Å². The van der Waals surface area contributed by atoms with Gasteiger partial charge in [0.1, 0.15) is 11.6 Å². The van der Waals surface area contributed by atoms with Crippen LogP contribution in [0.25, 0.3) is 0 Å². The van der Waals surface area contributed by atoms with E-state index in [1.165, 1.54) is 63.0 Å². The molecule has 0 bridgehead atoms. The van der Waals surface area contributed by atoms with E-state index in [0.717, 1.165) is 32.5 Å². The standard InChI is InChI=1S/C19H32N4O/c1-2-24-16-14-15(19(16)10-5-6-11-19)20-12-9-18-22-21-17-8-4-3-7-13-23(17)18/h15-16,20H,2-14H2,1H3/t15-,16-/m1/s1. The Morgan fingerprint density at radius 2 is 2.04 bits per heavy atom. The average Bonchev–Trinajstić information content (AvgIpc) is 3.18. The summed E-state index contributed by atoms with van der Waals surface area (Å²) in [5, 5.41) is 12.7. The second kappa shape index (κ2) is 7.12. The van der Waals surface area contributed by atoms with E-state index in [-0.39, 0.29) is 0 Å². The third kappa shape index (κ3) is 2.90. The van der Waals surface area contributed by atoms with Crippen LogP contribution in [-0.2, 0) is 24.1 Å². The first kappa shape index (κ1) is 16.5. The highest BCUT2D eigenvalue weighted by Gasteiger charge is 2.56. The molecule has 24 heavy (non-hydrogen) atoms. The second-order valence-corrected chi connectivity index (χ2v) is 7.87. The van der Waals surface area contributed by atoms with Crippen molar-refractivity contribution in [3.63, 3.8) is 0 Å². The van der Waals surface area contributed by atoms with Gasteiger partial charge in [-0.05, 0) is 39.0 Å². The molecular weight excluding hydrogens is 300 g/mol. The van der Waals surface area contributed by atoms with Gasteiger partial charge in [0, 0.05) is 44.0 Å². The fourth-order valence-electron chi connectivity index (χ4n) is 5.26. The molecular formula is C19H32N4O. The van der Waals surface area contributed by atoms with Crippen molar-refractivity contribution in [2.75, 3.05) is 13.2 Å². The van der Waals surface area contributed by atoms with Crippen LogP contribution in [0.1, 0.15) is 69.9 Å². The minimum absolute atomic E-state index is 0.428. The van der Waals surface area contributed by atoms with E-state index in [1.54, 1.807) is 0 Å². The molecule has 1 aliphatic heterocycles. The first-order chi connectivity index (χ1) is 11.8. The van der Waals surface area contributed by atoms with Gasteiger partial charge in [-0.15, -0.1) is 10.2 Å². The van der Waals surface area contributed by atoms with E-state index in [2.05, 4.69) is 27.0 Å². The second-order valence-electron chi connectivity index (χ2n) is 7.87. The van der Waals surface area contributed by atoms with Gasteiger partial charge in [0.25, 0.3) is 0 Å². The molecule has 3 aliphatic rings. The van der Waals surface area contributed by atoms with Crippen LogP contribution >= 0.6 is 0 Å². The lowest BCUT2D eigenvalue weighted by atomic mass is 9.60. The predicted octanol–water partition coefficient (Wildman–Crippen LogP) is 2.87. The zero-order valence-corrected chi connectivity index (χ0v) is 15.1. The van der Waals surface area contributed by atoms with Gasteiger partial charge in [0.05, 0.1) is 6.10 Å². The van der Waals surface area contributed by atoms with Crippen molar-refractivity contribution in [3.05, 3.63) is 11.6 Å². The molecule has 0 amide bonds. The summed E-state index contributed by atoms with van der Waals surface area (Å²) in [4.78, 5) is 0. The van der Waals surface area contributed by atoms with Crippen molar-refractivity contribution in [3.8, 4) is 0 Å². The maximum absolute atomic E-state index is 6.02. The van der Waals surface area contributed by atoms with Crippen LogP contribution in [0.3, 0.4) is 0 Å². The lowest BCUT2D eigenvalue weighted by Crippen LogP contribution is -2.62. The Hall–Kier alpha value is -0.940. The SMILES string of the molecule is CCO[C@@H]1C[C@@H](NCCc2nnc3n2CCCCC3)C12CCCC2. The van der Waals surface area contributed by atoms with Crippen LogP contribution in [0.15, 0.2) is 0 Å². The summed E-state index contributed by atoms with van der Waals surface area (Å²) in [6.07, 6.45) is 13.1. The number of aromatic nitrogens is 3. The first-order valence-electron chi connectivity index (χ1n) is 10.1. The fraction of sp³-hybridized carbons (Fsp3) is 0.895. The lowest BCUT2D eigenvalue weighted by Gasteiger charge is -2.54. The van der Waals surface area contributed by atoms with Gasteiger partial charge in [-0.25, -0.2) is 0 Å². The van der Waals surface area contributed by atoms with Crippen LogP contribution < -0.4 is 5.32 Å². The topological polar surface area (TPSA) is 52.0 Å². The minimum atomic E-state index is 0.428. The third-order valence-corrected chi connectivity index (χ3v) is 6.61. The zero-order chi connectivity index (χ0) is 16.4. The van der Waals surface area contributed by atoms with Gasteiger partial charge in [-0.2, -0.15) is 0 Å². The van der Waals surface area contributed by atoms with Gasteiger partial charge < -0.3 is 14.6 Å². The molecule has 4 rings (SSSR count). The Morgan fingerprint density at radius 1 is 1.17 bits per heavy atom. The highest BCUT2D eigenvalue weighted by molar-refractivity contribution is 5.10. The number of aryl methyl sites for hydroxylation is 1. The Balaban J connectivity index is 1.32. The maximum atomic E-state index is 6.02. The van der Waals surface area contributed by atoms with Gasteiger partial charge in [0.2, 0.25) is 0 Å². The molecule has 0 unspecified atom stereocenters. The summed E-state index contributed by atoms with van der Waals surface area (Å²) >= 11 is 0. The van der Waals surface area contributed by atoms with E-state index in [1.807, 2.05) is 0 Å². The molecule has 2 saturated carbocycles. The number of rotatable bonds is 6. The van der Waals surface area contributed by atoms with Crippen molar-refractivity contribution < 1.29 is 4.74 Å².